The van der Waals surface area contributed by atoms with Crippen molar-refractivity contribution in [2.45, 2.75) is 64.6 Å². The average Bonchev–Trinajstić information content (AvgIpc) is 2.90. The van der Waals surface area contributed by atoms with E-state index in [0.29, 0.717) is 10.2 Å². The smallest absolute Gasteiger partial charge is 0.264 e. The lowest BCUT2D eigenvalue weighted by Crippen LogP contribution is -2.52. The molecule has 0 heterocycles. The maximum absolute atomic E-state index is 13.9. The monoisotopic (exact) mass is 613 g/mol. The highest BCUT2D eigenvalue weighted by atomic mass is 79.9. The number of hydrogen-bond donors (Lipinski definition) is 1. The van der Waals surface area contributed by atoms with Gasteiger partial charge in [-0.25, -0.2) is 8.42 Å². The minimum atomic E-state index is -4.10. The fraction of sp³-hybridized carbons (Fsp3) is 0.333. The molecule has 0 unspecified atom stereocenters. The van der Waals surface area contributed by atoms with Crippen molar-refractivity contribution in [2.75, 3.05) is 10.8 Å². The van der Waals surface area contributed by atoms with Gasteiger partial charge in [-0.05, 0) is 70.0 Å². The number of sulfonamides is 1. The first-order valence-electron chi connectivity index (χ1n) is 12.9. The molecule has 39 heavy (non-hydrogen) atoms. The van der Waals surface area contributed by atoms with Crippen LogP contribution in [0.15, 0.2) is 82.2 Å². The van der Waals surface area contributed by atoms with Gasteiger partial charge in [0.2, 0.25) is 11.8 Å². The van der Waals surface area contributed by atoms with Crippen molar-refractivity contribution in [3.63, 3.8) is 0 Å². The molecule has 0 aliphatic heterocycles. The Hall–Kier alpha value is -3.17. The molecular formula is C30H36BrN3O4S. The Morgan fingerprint density at radius 2 is 1.51 bits per heavy atom. The number of carbonyl (C=O) groups excluding carboxylic acids is 2. The SMILES string of the molecule is CC[C@@H](C)NC(=O)[C@H](C)N(Cc1ccc(C)cc1)C(=O)CN(c1cccc(Br)c1)S(=O)(=O)c1ccc(C)cc1. The van der Waals surface area contributed by atoms with Gasteiger partial charge >= 0.3 is 0 Å². The van der Waals surface area contributed by atoms with Crippen molar-refractivity contribution in [1.29, 1.82) is 0 Å². The van der Waals surface area contributed by atoms with Crippen molar-refractivity contribution >= 4 is 43.5 Å². The van der Waals surface area contributed by atoms with Gasteiger partial charge in [0.1, 0.15) is 12.6 Å². The van der Waals surface area contributed by atoms with E-state index in [1.54, 1.807) is 43.3 Å². The summed E-state index contributed by atoms with van der Waals surface area (Å²) in [7, 11) is -4.10. The average molecular weight is 615 g/mol. The van der Waals surface area contributed by atoms with E-state index < -0.39 is 28.5 Å². The molecule has 0 spiro atoms. The Balaban J connectivity index is 2.02. The zero-order chi connectivity index (χ0) is 28.7. The summed E-state index contributed by atoms with van der Waals surface area (Å²) in [5.74, 6) is -0.779. The highest BCUT2D eigenvalue weighted by Crippen LogP contribution is 2.27. The van der Waals surface area contributed by atoms with Crippen LogP contribution in [0.2, 0.25) is 0 Å². The van der Waals surface area contributed by atoms with Gasteiger partial charge in [0, 0.05) is 17.1 Å². The lowest BCUT2D eigenvalue weighted by atomic mass is 10.1. The molecular weight excluding hydrogens is 578 g/mol. The van der Waals surface area contributed by atoms with Crippen molar-refractivity contribution in [3.8, 4) is 0 Å². The first kappa shape index (κ1) is 30.4. The number of rotatable bonds is 11. The van der Waals surface area contributed by atoms with Crippen LogP contribution in [0.25, 0.3) is 0 Å². The van der Waals surface area contributed by atoms with Crippen molar-refractivity contribution < 1.29 is 18.0 Å². The van der Waals surface area contributed by atoms with Crippen LogP contribution in [0, 0.1) is 13.8 Å². The van der Waals surface area contributed by atoms with Crippen molar-refractivity contribution in [2.24, 2.45) is 0 Å². The number of benzene rings is 3. The zero-order valence-electron chi connectivity index (χ0n) is 23.0. The molecule has 0 fully saturated rings. The highest BCUT2D eigenvalue weighted by molar-refractivity contribution is 9.10. The van der Waals surface area contributed by atoms with Crippen LogP contribution >= 0.6 is 15.9 Å². The fourth-order valence-electron chi connectivity index (χ4n) is 3.94. The predicted octanol–water partition coefficient (Wildman–Crippen LogP) is 5.59. The Bertz CT molecular complexity index is 1390. The van der Waals surface area contributed by atoms with E-state index in [4.69, 9.17) is 0 Å². The predicted molar refractivity (Wildman–Crippen MR) is 159 cm³/mol. The summed E-state index contributed by atoms with van der Waals surface area (Å²) in [4.78, 5) is 28.6. The fourth-order valence-corrected chi connectivity index (χ4v) is 5.73. The van der Waals surface area contributed by atoms with Gasteiger partial charge in [-0.15, -0.1) is 0 Å². The molecule has 3 aromatic rings. The lowest BCUT2D eigenvalue weighted by molar-refractivity contribution is -0.139. The van der Waals surface area contributed by atoms with Crippen LogP contribution in [-0.4, -0.2) is 43.8 Å². The van der Waals surface area contributed by atoms with Gasteiger partial charge in [0.25, 0.3) is 10.0 Å². The number of halogens is 1. The second kappa shape index (κ2) is 13.3. The van der Waals surface area contributed by atoms with E-state index >= 15 is 0 Å². The van der Waals surface area contributed by atoms with Crippen LogP contribution in [0.3, 0.4) is 0 Å². The van der Waals surface area contributed by atoms with Gasteiger partial charge in [-0.2, -0.15) is 0 Å². The third-order valence-corrected chi connectivity index (χ3v) is 8.91. The first-order chi connectivity index (χ1) is 18.4. The normalized spacial score (nSPS) is 12.9. The van der Waals surface area contributed by atoms with Crippen molar-refractivity contribution in [1.82, 2.24) is 10.2 Å². The van der Waals surface area contributed by atoms with Gasteiger partial charge < -0.3 is 10.2 Å². The molecule has 0 radical (unpaired) electrons. The Morgan fingerprint density at radius 1 is 0.923 bits per heavy atom. The summed E-state index contributed by atoms with van der Waals surface area (Å²) < 4.78 is 29.5. The van der Waals surface area contributed by atoms with E-state index in [1.165, 1.54) is 17.0 Å². The number of carbonyl (C=O) groups is 2. The van der Waals surface area contributed by atoms with Crippen LogP contribution in [0.4, 0.5) is 5.69 Å². The Kier molecular flexibility index (Phi) is 10.3. The lowest BCUT2D eigenvalue weighted by Gasteiger charge is -2.32. The number of aryl methyl sites for hydroxylation is 2. The molecule has 3 aromatic carbocycles. The third-order valence-electron chi connectivity index (χ3n) is 6.63. The number of anilines is 1. The van der Waals surface area contributed by atoms with E-state index in [0.717, 1.165) is 27.4 Å². The molecule has 0 aromatic heterocycles. The summed E-state index contributed by atoms with van der Waals surface area (Å²) in [6.45, 7) is 9.07. The number of amides is 2. The quantitative estimate of drug-likeness (QED) is 0.305. The molecule has 7 nitrogen and oxygen atoms in total. The second-order valence-electron chi connectivity index (χ2n) is 9.81. The van der Waals surface area contributed by atoms with Crippen LogP contribution in [0.1, 0.15) is 43.9 Å². The van der Waals surface area contributed by atoms with Crippen LogP contribution in [0.5, 0.6) is 0 Å². The van der Waals surface area contributed by atoms with Crippen LogP contribution < -0.4 is 9.62 Å². The molecule has 0 saturated heterocycles. The number of nitrogens with zero attached hydrogens (tertiary/aromatic N) is 2. The maximum atomic E-state index is 13.9. The van der Waals surface area contributed by atoms with Gasteiger partial charge in [-0.1, -0.05) is 76.4 Å². The molecule has 0 bridgehead atoms. The summed E-state index contributed by atoms with van der Waals surface area (Å²) in [6.07, 6.45) is 0.746. The maximum Gasteiger partial charge on any atom is 0.264 e. The molecule has 0 saturated carbocycles. The largest absolute Gasteiger partial charge is 0.352 e. The second-order valence-corrected chi connectivity index (χ2v) is 12.6. The van der Waals surface area contributed by atoms with Crippen LogP contribution in [-0.2, 0) is 26.2 Å². The molecule has 0 aliphatic carbocycles. The number of nitrogens with one attached hydrogen (secondary N) is 1. The van der Waals surface area contributed by atoms with E-state index in [9.17, 15) is 18.0 Å². The standard InChI is InChI=1S/C30H36BrN3O4S/c1-6-23(4)32-30(36)24(5)33(19-25-14-10-21(2)11-15-25)29(35)20-34(27-9-7-8-26(31)18-27)39(37,38)28-16-12-22(3)13-17-28/h7-18,23-24H,6,19-20H2,1-5H3,(H,32,36)/t23-,24+/m1/s1. The van der Waals surface area contributed by atoms with Crippen molar-refractivity contribution in [3.05, 3.63) is 94.0 Å². The summed E-state index contributed by atoms with van der Waals surface area (Å²) in [5, 5.41) is 2.94. The van der Waals surface area contributed by atoms with E-state index in [1.807, 2.05) is 52.0 Å². The molecule has 208 valence electrons. The summed E-state index contributed by atoms with van der Waals surface area (Å²) >= 11 is 3.41. The molecule has 1 N–H and O–H groups in total. The molecule has 0 aliphatic rings. The zero-order valence-corrected chi connectivity index (χ0v) is 25.4. The molecule has 2 amide bonds. The topological polar surface area (TPSA) is 86.8 Å². The van der Waals surface area contributed by atoms with Gasteiger partial charge in [-0.3, -0.25) is 13.9 Å². The van der Waals surface area contributed by atoms with Gasteiger partial charge in [0.15, 0.2) is 0 Å². The Labute approximate surface area is 240 Å². The van der Waals surface area contributed by atoms with E-state index in [2.05, 4.69) is 21.2 Å². The first-order valence-corrected chi connectivity index (χ1v) is 15.2. The third kappa shape index (κ3) is 7.92. The van der Waals surface area contributed by atoms with E-state index in [-0.39, 0.29) is 23.4 Å². The molecule has 3 rings (SSSR count). The summed E-state index contributed by atoms with van der Waals surface area (Å²) in [5.41, 5.74) is 3.17. The van der Waals surface area contributed by atoms with Gasteiger partial charge in [0.05, 0.1) is 10.6 Å². The molecule has 2 atom stereocenters. The minimum absolute atomic E-state index is 0.0589. The molecule has 9 heteroatoms. The Morgan fingerprint density at radius 3 is 2.08 bits per heavy atom. The minimum Gasteiger partial charge on any atom is -0.352 e. The number of hydrogen-bond acceptors (Lipinski definition) is 4. The summed E-state index contributed by atoms with van der Waals surface area (Å²) in [6, 6.07) is 20.1. The highest BCUT2D eigenvalue weighted by Gasteiger charge is 2.32.